The number of amides is 1. The van der Waals surface area contributed by atoms with Gasteiger partial charge in [0, 0.05) is 19.1 Å². The van der Waals surface area contributed by atoms with E-state index in [0.29, 0.717) is 12.1 Å². The molecular weight excluding hydrogens is 255 g/mol. The minimum absolute atomic E-state index is 0. The summed E-state index contributed by atoms with van der Waals surface area (Å²) in [5.41, 5.74) is 6.54. The van der Waals surface area contributed by atoms with E-state index >= 15 is 0 Å². The van der Waals surface area contributed by atoms with Gasteiger partial charge in [-0.15, -0.1) is 12.4 Å². The third-order valence-electron chi connectivity index (χ3n) is 3.05. The van der Waals surface area contributed by atoms with Crippen molar-refractivity contribution in [2.45, 2.75) is 25.3 Å². The molecule has 1 saturated heterocycles. The zero-order valence-electron chi connectivity index (χ0n) is 10.1. The normalized spacial score (nSPS) is 19.2. The van der Waals surface area contributed by atoms with Crippen molar-refractivity contribution in [2.75, 3.05) is 13.1 Å². The second-order valence-corrected chi connectivity index (χ2v) is 4.55. The van der Waals surface area contributed by atoms with E-state index in [0.717, 1.165) is 19.4 Å². The van der Waals surface area contributed by atoms with Gasteiger partial charge in [0.15, 0.2) is 0 Å². The lowest BCUT2D eigenvalue weighted by molar-refractivity contribution is -0.131. The second kappa shape index (κ2) is 6.71. The molecule has 0 aromatic heterocycles. The number of carbonyl (C=O) groups excluding carboxylic acids is 1. The van der Waals surface area contributed by atoms with Crippen LogP contribution in [0.25, 0.3) is 0 Å². The van der Waals surface area contributed by atoms with E-state index in [1.807, 2.05) is 0 Å². The van der Waals surface area contributed by atoms with Crippen molar-refractivity contribution in [1.82, 2.24) is 4.90 Å². The minimum Gasteiger partial charge on any atom is -0.341 e. The molecule has 0 saturated carbocycles. The maximum atomic E-state index is 13.0. The Bertz CT molecular complexity index is 414. The fraction of sp³-hybridized carbons (Fsp3) is 0.462. The van der Waals surface area contributed by atoms with Crippen LogP contribution in [0.4, 0.5) is 4.39 Å². The Morgan fingerprint density at radius 1 is 1.50 bits per heavy atom. The van der Waals surface area contributed by atoms with Crippen LogP contribution in [0.1, 0.15) is 18.4 Å². The first-order valence-electron chi connectivity index (χ1n) is 5.93. The molecule has 1 aromatic carbocycles. The van der Waals surface area contributed by atoms with Crippen molar-refractivity contribution < 1.29 is 9.18 Å². The lowest BCUT2D eigenvalue weighted by atomic mass is 10.1. The number of piperidine rings is 1. The predicted octanol–water partition coefficient (Wildman–Crippen LogP) is 1.74. The van der Waals surface area contributed by atoms with Gasteiger partial charge < -0.3 is 10.6 Å². The predicted molar refractivity (Wildman–Crippen MR) is 71.1 cm³/mol. The molecule has 5 heteroatoms. The maximum Gasteiger partial charge on any atom is 0.227 e. The zero-order chi connectivity index (χ0) is 12.3. The summed E-state index contributed by atoms with van der Waals surface area (Å²) in [5.74, 6) is -0.267. The molecule has 1 aliphatic heterocycles. The molecule has 0 spiro atoms. The van der Waals surface area contributed by atoms with Gasteiger partial charge in [0.2, 0.25) is 5.91 Å². The molecule has 3 nitrogen and oxygen atoms in total. The summed E-state index contributed by atoms with van der Waals surface area (Å²) in [6.07, 6.45) is 2.18. The van der Waals surface area contributed by atoms with E-state index in [1.54, 1.807) is 17.0 Å². The average molecular weight is 273 g/mol. The van der Waals surface area contributed by atoms with Gasteiger partial charge >= 0.3 is 0 Å². The van der Waals surface area contributed by atoms with Gasteiger partial charge in [-0.25, -0.2) is 4.39 Å². The second-order valence-electron chi connectivity index (χ2n) is 4.55. The Morgan fingerprint density at radius 3 is 2.94 bits per heavy atom. The Balaban J connectivity index is 0.00000162. The van der Waals surface area contributed by atoms with Gasteiger partial charge in [-0.1, -0.05) is 12.1 Å². The van der Waals surface area contributed by atoms with E-state index in [4.69, 9.17) is 5.73 Å². The van der Waals surface area contributed by atoms with Crippen molar-refractivity contribution in [2.24, 2.45) is 5.73 Å². The van der Waals surface area contributed by atoms with Gasteiger partial charge in [-0.05, 0) is 30.5 Å². The quantitative estimate of drug-likeness (QED) is 0.891. The number of rotatable bonds is 2. The Labute approximate surface area is 113 Å². The highest BCUT2D eigenvalue weighted by atomic mass is 35.5. The van der Waals surface area contributed by atoms with Crippen LogP contribution in [-0.2, 0) is 11.2 Å². The molecule has 0 unspecified atom stereocenters. The summed E-state index contributed by atoms with van der Waals surface area (Å²) in [5, 5.41) is 0. The fourth-order valence-corrected chi connectivity index (χ4v) is 2.17. The number of benzene rings is 1. The lowest BCUT2D eigenvalue weighted by Crippen LogP contribution is -2.46. The van der Waals surface area contributed by atoms with Gasteiger partial charge in [-0.2, -0.15) is 0 Å². The largest absolute Gasteiger partial charge is 0.341 e. The SMILES string of the molecule is Cl.N[C@@H]1CCCN(C(=O)Cc2cccc(F)c2)C1. The number of carbonyl (C=O) groups is 1. The standard InChI is InChI=1S/C13H17FN2O.ClH/c14-11-4-1-3-10(7-11)8-13(17)16-6-2-5-12(15)9-16;/h1,3-4,7,12H,2,5-6,8-9,15H2;1H/t12-;/m1./s1. The molecule has 1 aromatic rings. The molecule has 1 fully saturated rings. The van der Waals surface area contributed by atoms with E-state index in [2.05, 4.69) is 0 Å². The van der Waals surface area contributed by atoms with Crippen molar-refractivity contribution in [3.63, 3.8) is 0 Å². The fourth-order valence-electron chi connectivity index (χ4n) is 2.17. The summed E-state index contributed by atoms with van der Waals surface area (Å²) in [4.78, 5) is 13.7. The molecule has 1 heterocycles. The highest BCUT2D eigenvalue weighted by Crippen LogP contribution is 2.11. The van der Waals surface area contributed by atoms with Gasteiger partial charge in [-0.3, -0.25) is 4.79 Å². The van der Waals surface area contributed by atoms with Crippen molar-refractivity contribution in [1.29, 1.82) is 0 Å². The minimum atomic E-state index is -0.300. The summed E-state index contributed by atoms with van der Waals surface area (Å²) >= 11 is 0. The number of nitrogens with zero attached hydrogens (tertiary/aromatic N) is 1. The van der Waals surface area contributed by atoms with E-state index in [-0.39, 0.29) is 36.6 Å². The number of nitrogens with two attached hydrogens (primary N) is 1. The molecule has 1 amide bonds. The summed E-state index contributed by atoms with van der Waals surface area (Å²) in [6.45, 7) is 1.38. The van der Waals surface area contributed by atoms with E-state index < -0.39 is 0 Å². The molecule has 1 atom stereocenters. The van der Waals surface area contributed by atoms with Crippen LogP contribution >= 0.6 is 12.4 Å². The monoisotopic (exact) mass is 272 g/mol. The molecule has 2 N–H and O–H groups in total. The third-order valence-corrected chi connectivity index (χ3v) is 3.05. The van der Waals surface area contributed by atoms with Crippen molar-refractivity contribution in [3.8, 4) is 0 Å². The summed E-state index contributed by atoms with van der Waals surface area (Å²) in [6, 6.07) is 6.26. The Hall–Kier alpha value is -1.13. The highest BCUT2D eigenvalue weighted by molar-refractivity contribution is 5.85. The first kappa shape index (κ1) is 14.9. The van der Waals surface area contributed by atoms with E-state index in [1.165, 1.54) is 12.1 Å². The molecule has 0 aliphatic carbocycles. The van der Waals surface area contributed by atoms with Gasteiger partial charge in [0.1, 0.15) is 5.82 Å². The van der Waals surface area contributed by atoms with Crippen LogP contribution in [0.3, 0.4) is 0 Å². The molecule has 18 heavy (non-hydrogen) atoms. The zero-order valence-corrected chi connectivity index (χ0v) is 11.0. The average Bonchev–Trinajstić information content (AvgIpc) is 2.29. The summed E-state index contributed by atoms with van der Waals surface area (Å²) in [7, 11) is 0. The van der Waals surface area contributed by atoms with Crippen LogP contribution in [0.2, 0.25) is 0 Å². The Kier molecular flexibility index (Phi) is 5.56. The first-order chi connectivity index (χ1) is 8.15. The molecule has 0 radical (unpaired) electrons. The molecule has 2 rings (SSSR count). The molecule has 1 aliphatic rings. The third kappa shape index (κ3) is 3.96. The summed E-state index contributed by atoms with van der Waals surface area (Å²) < 4.78 is 13.0. The smallest absolute Gasteiger partial charge is 0.227 e. The number of hydrogen-bond acceptors (Lipinski definition) is 2. The number of likely N-dealkylation sites (tertiary alicyclic amines) is 1. The lowest BCUT2D eigenvalue weighted by Gasteiger charge is -2.30. The number of hydrogen-bond donors (Lipinski definition) is 1. The van der Waals surface area contributed by atoms with Crippen LogP contribution < -0.4 is 5.73 Å². The molecule has 0 bridgehead atoms. The maximum absolute atomic E-state index is 13.0. The van der Waals surface area contributed by atoms with Gasteiger partial charge in [0.25, 0.3) is 0 Å². The van der Waals surface area contributed by atoms with E-state index in [9.17, 15) is 9.18 Å². The van der Waals surface area contributed by atoms with Gasteiger partial charge in [0.05, 0.1) is 6.42 Å². The molecular formula is C13H18ClFN2O. The first-order valence-corrected chi connectivity index (χ1v) is 5.93. The highest BCUT2D eigenvalue weighted by Gasteiger charge is 2.21. The van der Waals surface area contributed by atoms with Crippen LogP contribution in [-0.4, -0.2) is 29.9 Å². The van der Waals surface area contributed by atoms with Crippen molar-refractivity contribution >= 4 is 18.3 Å². The van der Waals surface area contributed by atoms with Crippen LogP contribution in [0.5, 0.6) is 0 Å². The molecule has 100 valence electrons. The van der Waals surface area contributed by atoms with Crippen molar-refractivity contribution in [3.05, 3.63) is 35.6 Å². The topological polar surface area (TPSA) is 46.3 Å². The Morgan fingerprint density at radius 2 is 2.28 bits per heavy atom. The van der Waals surface area contributed by atoms with Crippen LogP contribution in [0.15, 0.2) is 24.3 Å². The van der Waals surface area contributed by atoms with Crippen LogP contribution in [0, 0.1) is 5.82 Å². The number of halogens is 2.